The van der Waals surface area contributed by atoms with E-state index in [1.807, 2.05) is 32.9 Å². The summed E-state index contributed by atoms with van der Waals surface area (Å²) in [6, 6.07) is 0. The third-order valence-corrected chi connectivity index (χ3v) is 9.82. The number of ketones is 1. The van der Waals surface area contributed by atoms with Crippen molar-refractivity contribution in [1.29, 1.82) is 0 Å². The number of methoxy groups -OCH3 is 1. The second-order valence-electron chi connectivity index (χ2n) is 12.3. The van der Waals surface area contributed by atoms with Crippen LogP contribution in [-0.2, 0) is 31.9 Å². The summed E-state index contributed by atoms with van der Waals surface area (Å²) in [5.41, 5.74) is 8.34. The standard InChI is InChI=1S/C37H39N4O6.Mg/c1-8-20-17(4)24-13-25-18(5)22(11-12-30(43)47-10-3)34(40-25)32-33(37(45)46-7)36(44)31-19(6)26(41-35(31)32)14-28-21(9-2)23(16-42)29(39-28)15-27(20)38-24;/h13-16,18,22,33H,8-12H2,1-7H3,(H-,40,41,42,44);/q-3;+2/p-1/b25-13-,29-15-;/t18-,22+,33-;/m1./s1. The third-order valence-electron chi connectivity index (χ3n) is 9.82. The van der Waals surface area contributed by atoms with Gasteiger partial charge in [-0.1, -0.05) is 66.8 Å². The third kappa shape index (κ3) is 5.60. The number of aldehydes is 1. The van der Waals surface area contributed by atoms with Crippen LogP contribution in [0.4, 0.5) is 0 Å². The summed E-state index contributed by atoms with van der Waals surface area (Å²) in [7, 11) is 1.26. The van der Waals surface area contributed by atoms with E-state index < -0.39 is 17.7 Å². The maximum Gasteiger partial charge on any atom is 2.00 e. The van der Waals surface area contributed by atoms with Crippen LogP contribution in [-0.4, -0.2) is 60.8 Å². The second-order valence-corrected chi connectivity index (χ2v) is 12.3. The van der Waals surface area contributed by atoms with Crippen molar-refractivity contribution < 1.29 is 28.7 Å². The molecule has 0 saturated carbocycles. The quantitative estimate of drug-likeness (QED) is 0.154. The minimum atomic E-state index is -1.23. The molecule has 0 spiro atoms. The first-order valence-corrected chi connectivity index (χ1v) is 16.2. The molecule has 6 rings (SSSR count). The first kappa shape index (κ1) is 35.2. The van der Waals surface area contributed by atoms with Crippen LogP contribution >= 0.6 is 0 Å². The molecule has 48 heavy (non-hydrogen) atoms. The van der Waals surface area contributed by atoms with Crippen LogP contribution in [0.2, 0.25) is 0 Å². The Morgan fingerprint density at radius 1 is 0.917 bits per heavy atom. The van der Waals surface area contributed by atoms with E-state index >= 15 is 0 Å². The van der Waals surface area contributed by atoms with Gasteiger partial charge >= 0.3 is 35.0 Å². The van der Waals surface area contributed by atoms with Gasteiger partial charge in [0.1, 0.15) is 12.2 Å². The predicted octanol–water partition coefficient (Wildman–Crippen LogP) is 3.42. The van der Waals surface area contributed by atoms with Crippen molar-refractivity contribution in [3.05, 3.63) is 83.6 Å². The molecule has 5 heterocycles. The summed E-state index contributed by atoms with van der Waals surface area (Å²) in [6.45, 7) is 11.9. The fourth-order valence-corrected chi connectivity index (χ4v) is 7.33. The monoisotopic (exact) mass is 658 g/mol. The first-order valence-electron chi connectivity index (χ1n) is 16.2. The van der Waals surface area contributed by atoms with Crippen LogP contribution in [0.1, 0.15) is 106 Å². The summed E-state index contributed by atoms with van der Waals surface area (Å²) < 4.78 is 10.4. The van der Waals surface area contributed by atoms with Gasteiger partial charge in [-0.25, -0.2) is 0 Å². The number of aromatic nitrogens is 3. The van der Waals surface area contributed by atoms with Gasteiger partial charge in [0.25, 0.3) is 0 Å². The van der Waals surface area contributed by atoms with Gasteiger partial charge in [-0.2, -0.15) is 11.4 Å². The Balaban J connectivity index is 0.00000451. The summed E-state index contributed by atoms with van der Waals surface area (Å²) in [5.74, 6) is -3.13. The van der Waals surface area contributed by atoms with E-state index in [0.717, 1.165) is 46.5 Å². The molecule has 3 aliphatic rings. The molecule has 11 heteroatoms. The van der Waals surface area contributed by atoms with Crippen molar-refractivity contribution in [3.63, 3.8) is 0 Å². The van der Waals surface area contributed by atoms with E-state index in [-0.39, 0.29) is 53.9 Å². The average Bonchev–Trinajstić information content (AvgIpc) is 3.80. The Morgan fingerprint density at radius 2 is 1.60 bits per heavy atom. The maximum absolute atomic E-state index is 14.1. The van der Waals surface area contributed by atoms with Gasteiger partial charge in [-0.05, 0) is 51.9 Å². The minimum absolute atomic E-state index is 0. The van der Waals surface area contributed by atoms with E-state index in [0.29, 0.717) is 62.9 Å². The number of rotatable bonds is 8. The van der Waals surface area contributed by atoms with Gasteiger partial charge in [-0.3, -0.25) is 19.2 Å². The van der Waals surface area contributed by atoms with E-state index in [1.165, 1.54) is 7.11 Å². The summed E-state index contributed by atoms with van der Waals surface area (Å²) >= 11 is 0. The Labute approximate surface area is 295 Å². The van der Waals surface area contributed by atoms with E-state index in [2.05, 4.69) is 6.92 Å². The van der Waals surface area contributed by atoms with Gasteiger partial charge in [0.05, 0.1) is 13.7 Å². The zero-order valence-corrected chi connectivity index (χ0v) is 29.9. The van der Waals surface area contributed by atoms with E-state index in [9.17, 15) is 19.2 Å². The number of fused-ring (bicyclic) bond motifs is 7. The molecule has 3 atom stereocenters. The SMILES string of the molecule is CCOC(=O)CC[C@@H]1/C2=C3/c4[n-]c(c(C)c4C(=O)[C@@H]3C(=O)OC)/C=c3\[n-]/c(c(C=O)c3CC)=C\c3[n-]c(c(C)c3CC)/C=C(\[N-]2)[C@@H]1C.[Mg+2]. The molecular formula is C37H38MgN4O6-2. The fourth-order valence-electron chi connectivity index (χ4n) is 7.33. The Kier molecular flexibility index (Phi) is 10.1. The van der Waals surface area contributed by atoms with Crippen molar-refractivity contribution in [2.24, 2.45) is 17.8 Å². The molecule has 8 bridgehead atoms. The molecule has 246 valence electrons. The first-order chi connectivity index (χ1) is 22.6. The molecule has 1 aliphatic carbocycles. The van der Waals surface area contributed by atoms with Crippen LogP contribution in [0.25, 0.3) is 29.1 Å². The van der Waals surface area contributed by atoms with Crippen LogP contribution in [0.5, 0.6) is 0 Å². The van der Waals surface area contributed by atoms with Gasteiger partial charge in [-0.15, -0.1) is 33.5 Å². The Morgan fingerprint density at radius 3 is 2.25 bits per heavy atom. The molecule has 0 radical (unpaired) electrons. The number of nitrogens with zero attached hydrogens (tertiary/aromatic N) is 4. The number of ether oxygens (including phenoxy) is 2. The number of allylic oxidation sites excluding steroid dienone is 2. The van der Waals surface area contributed by atoms with Crippen molar-refractivity contribution >= 4 is 70.9 Å². The fraction of sp³-hybridized carbons (Fsp3) is 0.405. The number of esters is 2. The zero-order chi connectivity index (χ0) is 33.7. The van der Waals surface area contributed by atoms with Crippen LogP contribution < -0.4 is 25.7 Å². The molecule has 0 amide bonds. The molecule has 2 aliphatic heterocycles. The predicted molar refractivity (Wildman–Crippen MR) is 182 cm³/mol. The molecular weight excluding hydrogens is 621 g/mol. The van der Waals surface area contributed by atoms with Crippen LogP contribution in [0.3, 0.4) is 0 Å². The maximum atomic E-state index is 14.1. The molecule has 1 saturated heterocycles. The Hall–Kier alpha value is -4.09. The number of Topliss-reactive ketones (excluding diaryl/α,β-unsaturated/α-hetero) is 1. The van der Waals surface area contributed by atoms with E-state index in [4.69, 9.17) is 29.7 Å². The smallest absolute Gasteiger partial charge is 0.664 e. The molecule has 3 aromatic rings. The van der Waals surface area contributed by atoms with Gasteiger partial charge in [0.2, 0.25) is 0 Å². The van der Waals surface area contributed by atoms with Crippen LogP contribution in [0, 0.1) is 31.6 Å². The van der Waals surface area contributed by atoms with Gasteiger partial charge in [0, 0.05) is 17.5 Å². The Bertz CT molecular complexity index is 2020. The van der Waals surface area contributed by atoms with Crippen molar-refractivity contribution in [2.45, 2.75) is 67.2 Å². The molecule has 1 fully saturated rings. The molecule has 0 unspecified atom stereocenters. The largest absolute Gasteiger partial charge is 2.00 e. The van der Waals surface area contributed by atoms with Crippen LogP contribution in [0.15, 0.2) is 11.4 Å². The van der Waals surface area contributed by atoms with Crippen molar-refractivity contribution in [3.8, 4) is 0 Å². The average molecular weight is 659 g/mol. The molecule has 10 nitrogen and oxygen atoms in total. The number of carbonyl (C=O) groups is 4. The number of carbonyl (C=O) groups excluding carboxylic acids is 4. The molecule has 0 N–H and O–H groups in total. The molecule has 3 aromatic heterocycles. The zero-order valence-electron chi connectivity index (χ0n) is 28.5. The van der Waals surface area contributed by atoms with E-state index in [1.54, 1.807) is 19.9 Å². The normalized spacial score (nSPS) is 23.2. The number of hydrogen-bond donors (Lipinski definition) is 0. The summed E-state index contributed by atoms with van der Waals surface area (Å²) in [6.07, 6.45) is 8.29. The summed E-state index contributed by atoms with van der Waals surface area (Å²) in [5, 5.41) is 6.24. The second kappa shape index (κ2) is 13.8. The minimum Gasteiger partial charge on any atom is -0.664 e. The van der Waals surface area contributed by atoms with Crippen molar-refractivity contribution in [2.75, 3.05) is 13.7 Å². The van der Waals surface area contributed by atoms with Crippen molar-refractivity contribution in [1.82, 2.24) is 15.0 Å². The number of hydrogen-bond acceptors (Lipinski definition) is 6. The van der Waals surface area contributed by atoms with Gasteiger partial charge in [0.15, 0.2) is 5.78 Å². The topological polar surface area (TPSA) is 143 Å². The molecule has 0 aromatic carbocycles. The summed E-state index contributed by atoms with van der Waals surface area (Å²) in [4.78, 5) is 67.2. The van der Waals surface area contributed by atoms with Gasteiger partial charge < -0.3 is 29.7 Å².